The second-order valence-corrected chi connectivity index (χ2v) is 8.66. The van der Waals surface area contributed by atoms with Gasteiger partial charge in [0.1, 0.15) is 0 Å². The van der Waals surface area contributed by atoms with E-state index in [9.17, 15) is 13.6 Å². The van der Waals surface area contributed by atoms with Crippen molar-refractivity contribution in [3.8, 4) is 11.5 Å². The minimum absolute atomic E-state index is 0.244. The number of carbonyl (C=O) groups excluding carboxylic acids is 1. The quantitative estimate of drug-likeness (QED) is 0.145. The Bertz CT molecular complexity index is 863. The number of esters is 1. The van der Waals surface area contributed by atoms with Crippen molar-refractivity contribution in [2.75, 3.05) is 19.1 Å². The lowest BCUT2D eigenvalue weighted by molar-refractivity contribution is -0.143. The van der Waals surface area contributed by atoms with Gasteiger partial charge in [-0.3, -0.25) is 4.79 Å². The average Bonchev–Trinajstić information content (AvgIpc) is 2.83. The van der Waals surface area contributed by atoms with E-state index in [1.807, 2.05) is 0 Å². The molecule has 0 atom stereocenters. The number of hydrogen-bond acceptors (Lipinski definition) is 5. The van der Waals surface area contributed by atoms with Crippen LogP contribution in [0.5, 0.6) is 11.5 Å². The number of carbonyl (C=O) groups is 1. The van der Waals surface area contributed by atoms with Crippen molar-refractivity contribution in [1.82, 2.24) is 0 Å². The Labute approximate surface area is 211 Å². The van der Waals surface area contributed by atoms with Crippen LogP contribution in [0.3, 0.4) is 0 Å². The van der Waals surface area contributed by atoms with Gasteiger partial charge in [0.05, 0.1) is 13.0 Å². The Kier molecular flexibility index (Phi) is 16.5. The van der Waals surface area contributed by atoms with Crippen molar-refractivity contribution in [2.24, 2.45) is 0 Å². The molecule has 0 saturated carbocycles. The molecular weight excluding hydrogens is 478 g/mol. The topological polar surface area (TPSA) is 87.0 Å². The van der Waals surface area contributed by atoms with Crippen LogP contribution in [-0.4, -0.2) is 40.4 Å². The normalized spacial score (nSPS) is 10.5. The third-order valence-corrected chi connectivity index (χ3v) is 5.51. The lowest BCUT2D eigenvalue weighted by Gasteiger charge is -2.05. The fourth-order valence-electron chi connectivity index (χ4n) is 3.33. The first-order chi connectivity index (χ1) is 16.9. The summed E-state index contributed by atoms with van der Waals surface area (Å²) in [6.45, 7) is 0.678. The largest absolute Gasteiger partial charge is 0.505 e. The van der Waals surface area contributed by atoms with Gasteiger partial charge in [-0.1, -0.05) is 37.8 Å². The summed E-state index contributed by atoms with van der Waals surface area (Å²) in [6, 6.07) is 8.97. The number of alkyl halides is 1. The average molecular weight is 515 g/mol. The highest BCUT2D eigenvalue weighted by Gasteiger charge is 2.03. The van der Waals surface area contributed by atoms with Crippen LogP contribution in [0, 0.1) is 11.6 Å². The zero-order valence-electron chi connectivity index (χ0n) is 20.2. The van der Waals surface area contributed by atoms with Crippen molar-refractivity contribution < 1.29 is 33.6 Å². The third kappa shape index (κ3) is 14.6. The molecule has 35 heavy (non-hydrogen) atoms. The lowest BCUT2D eigenvalue weighted by Crippen LogP contribution is -2.06. The number of phenols is 2. The zero-order chi connectivity index (χ0) is 25.9. The van der Waals surface area contributed by atoms with Gasteiger partial charge in [0.2, 0.25) is 0 Å². The molecule has 196 valence electrons. The minimum Gasteiger partial charge on any atom is -0.505 e. The van der Waals surface area contributed by atoms with Crippen LogP contribution >= 0.6 is 11.6 Å². The second kappa shape index (κ2) is 18.9. The van der Waals surface area contributed by atoms with Crippen LogP contribution in [0.4, 0.5) is 8.78 Å². The summed E-state index contributed by atoms with van der Waals surface area (Å²) in [4.78, 5) is 11.0. The molecule has 2 aromatic rings. The number of unbranched alkanes of at least 4 members (excludes halogenated alkanes) is 6. The summed E-state index contributed by atoms with van der Waals surface area (Å²) in [5.74, 6) is -1.69. The van der Waals surface area contributed by atoms with Gasteiger partial charge >= 0.3 is 5.97 Å². The molecule has 5 nitrogen and oxygen atoms in total. The Morgan fingerprint density at radius 2 is 1.26 bits per heavy atom. The first-order valence-corrected chi connectivity index (χ1v) is 12.7. The summed E-state index contributed by atoms with van der Waals surface area (Å²) in [5, 5.41) is 26.6. The predicted octanol–water partition coefficient (Wildman–Crippen LogP) is 6.43. The summed E-state index contributed by atoms with van der Waals surface area (Å²) in [5.41, 5.74) is 1.79. The van der Waals surface area contributed by atoms with E-state index in [4.69, 9.17) is 31.7 Å². The number of halogens is 3. The Morgan fingerprint density at radius 3 is 1.71 bits per heavy atom. The summed E-state index contributed by atoms with van der Waals surface area (Å²) in [7, 11) is 0. The maximum atomic E-state index is 13.1. The second-order valence-electron chi connectivity index (χ2n) is 8.28. The first-order valence-electron chi connectivity index (χ1n) is 12.1. The lowest BCUT2D eigenvalue weighted by atomic mass is 10.1. The SMILES string of the molecule is O=C(CCCl)OCCCCCCc1ccc(O)c(F)c1.OCCCCCCc1ccc(O)c(F)c1. The highest BCUT2D eigenvalue weighted by atomic mass is 35.5. The van der Waals surface area contributed by atoms with Gasteiger partial charge in [-0.25, -0.2) is 8.78 Å². The van der Waals surface area contributed by atoms with Gasteiger partial charge in [0.15, 0.2) is 23.1 Å². The molecule has 3 N–H and O–H groups in total. The molecule has 0 aliphatic carbocycles. The number of aliphatic hydroxyl groups is 1. The van der Waals surface area contributed by atoms with Gasteiger partial charge in [0.25, 0.3) is 0 Å². The monoisotopic (exact) mass is 514 g/mol. The number of phenolic OH excluding ortho intramolecular Hbond substituents is 2. The number of benzene rings is 2. The number of aryl methyl sites for hydroxylation is 2. The van der Waals surface area contributed by atoms with Gasteiger partial charge in [0, 0.05) is 12.5 Å². The maximum absolute atomic E-state index is 13.1. The smallest absolute Gasteiger partial charge is 0.306 e. The third-order valence-electron chi connectivity index (χ3n) is 5.32. The van der Waals surface area contributed by atoms with Crippen molar-refractivity contribution in [3.05, 3.63) is 59.2 Å². The van der Waals surface area contributed by atoms with E-state index < -0.39 is 11.6 Å². The van der Waals surface area contributed by atoms with Gasteiger partial charge in [-0.15, -0.1) is 11.6 Å². The zero-order valence-corrected chi connectivity index (χ0v) is 20.9. The Hall–Kier alpha value is -2.38. The molecule has 0 bridgehead atoms. The maximum Gasteiger partial charge on any atom is 0.306 e. The first kappa shape index (κ1) is 30.7. The van der Waals surface area contributed by atoms with Crippen LogP contribution in [0.15, 0.2) is 36.4 Å². The molecule has 0 aromatic heterocycles. The van der Waals surface area contributed by atoms with Gasteiger partial charge in [-0.2, -0.15) is 0 Å². The van der Waals surface area contributed by atoms with Crippen molar-refractivity contribution in [2.45, 2.75) is 70.6 Å². The number of rotatable bonds is 15. The number of hydrogen-bond donors (Lipinski definition) is 3. The molecule has 2 rings (SSSR count). The van der Waals surface area contributed by atoms with Crippen molar-refractivity contribution in [1.29, 1.82) is 0 Å². The summed E-state index contributed by atoms with van der Waals surface area (Å²) in [6.07, 6.45) is 9.48. The molecule has 0 amide bonds. The van der Waals surface area contributed by atoms with E-state index in [1.54, 1.807) is 12.1 Å². The van der Waals surface area contributed by atoms with Crippen LogP contribution < -0.4 is 0 Å². The predicted molar refractivity (Wildman–Crippen MR) is 134 cm³/mol. The van der Waals surface area contributed by atoms with E-state index in [-0.39, 0.29) is 30.5 Å². The molecule has 0 aliphatic rings. The summed E-state index contributed by atoms with van der Waals surface area (Å²) < 4.78 is 31.0. The van der Waals surface area contributed by atoms with Crippen molar-refractivity contribution in [3.63, 3.8) is 0 Å². The molecular formula is C27H37ClF2O5. The summed E-state index contributed by atoms with van der Waals surface area (Å²) >= 11 is 5.41. The van der Waals surface area contributed by atoms with Crippen LogP contribution in [0.2, 0.25) is 0 Å². The van der Waals surface area contributed by atoms with E-state index in [1.165, 1.54) is 24.3 Å². The van der Waals surface area contributed by atoms with E-state index in [0.29, 0.717) is 12.5 Å². The molecule has 0 aliphatic heterocycles. The van der Waals surface area contributed by atoms with Crippen LogP contribution in [-0.2, 0) is 22.4 Å². The number of ether oxygens (including phenoxy) is 1. The van der Waals surface area contributed by atoms with Crippen molar-refractivity contribution >= 4 is 17.6 Å². The molecule has 0 saturated heterocycles. The molecule has 0 unspecified atom stereocenters. The highest BCUT2D eigenvalue weighted by Crippen LogP contribution is 2.19. The number of aliphatic hydroxyl groups excluding tert-OH is 1. The number of aromatic hydroxyl groups is 2. The Morgan fingerprint density at radius 1 is 0.771 bits per heavy atom. The van der Waals surface area contributed by atoms with Gasteiger partial charge in [-0.05, 0) is 73.9 Å². The standard InChI is InChI=1S/C15H20ClFO3.C12H17FO2/c16-9-8-15(19)20-10-4-2-1-3-5-12-6-7-14(18)13(17)11-12;13-11-9-10(6-7-12(11)15)5-3-1-2-4-8-14/h6-7,11,18H,1-5,8-10H2;6-7,9,14-15H,1-5,8H2. The minimum atomic E-state index is -0.575. The van der Waals surface area contributed by atoms with Crippen LogP contribution in [0.25, 0.3) is 0 Å². The van der Waals surface area contributed by atoms with E-state index >= 15 is 0 Å². The van der Waals surface area contributed by atoms with Crippen LogP contribution in [0.1, 0.15) is 68.9 Å². The van der Waals surface area contributed by atoms with E-state index in [0.717, 1.165) is 75.3 Å². The Balaban J connectivity index is 0.000000365. The fourth-order valence-corrected chi connectivity index (χ4v) is 3.48. The molecule has 0 radical (unpaired) electrons. The highest BCUT2D eigenvalue weighted by molar-refractivity contribution is 6.18. The van der Waals surface area contributed by atoms with E-state index in [2.05, 4.69) is 0 Å². The molecule has 0 heterocycles. The molecule has 8 heteroatoms. The molecule has 0 fully saturated rings. The fraction of sp³-hybridized carbons (Fsp3) is 0.519. The molecule has 0 spiro atoms. The molecule has 2 aromatic carbocycles. The van der Waals surface area contributed by atoms with Gasteiger partial charge < -0.3 is 20.1 Å².